The summed E-state index contributed by atoms with van der Waals surface area (Å²) in [5.74, 6) is 0. The lowest BCUT2D eigenvalue weighted by Gasteiger charge is -2.13. The van der Waals surface area contributed by atoms with E-state index in [1.165, 1.54) is 0 Å². The smallest absolute Gasteiger partial charge is 0.0305 e. The summed E-state index contributed by atoms with van der Waals surface area (Å²) in [7, 11) is 1.90. The van der Waals surface area contributed by atoms with Crippen molar-refractivity contribution in [2.24, 2.45) is 5.73 Å². The van der Waals surface area contributed by atoms with Crippen LogP contribution in [0.1, 0.15) is 13.8 Å². The molecule has 0 rings (SSSR count). The van der Waals surface area contributed by atoms with E-state index in [2.05, 4.69) is 11.9 Å². The fourth-order valence-corrected chi connectivity index (χ4v) is 0.812. The summed E-state index contributed by atoms with van der Waals surface area (Å²) >= 11 is 0. The van der Waals surface area contributed by atoms with Gasteiger partial charge in [0.2, 0.25) is 0 Å². The van der Waals surface area contributed by atoms with E-state index < -0.39 is 0 Å². The van der Waals surface area contributed by atoms with Crippen molar-refractivity contribution >= 4 is 0 Å². The zero-order chi connectivity index (χ0) is 8.15. The Balaban J connectivity index is 4.23. The Bertz CT molecular complexity index is 147. The number of hydrogen-bond donors (Lipinski definition) is 2. The van der Waals surface area contributed by atoms with Gasteiger partial charge in [-0.05, 0) is 32.7 Å². The molecule has 0 bridgehead atoms. The van der Waals surface area contributed by atoms with E-state index in [1.54, 1.807) is 6.20 Å². The molecule has 0 saturated carbocycles. The lowest BCUT2D eigenvalue weighted by molar-refractivity contribution is 0.696. The first-order chi connectivity index (χ1) is 4.63. The summed E-state index contributed by atoms with van der Waals surface area (Å²) in [6, 6.07) is 0.294. The Labute approximate surface area is 62.8 Å². The van der Waals surface area contributed by atoms with Crippen LogP contribution in [0.15, 0.2) is 23.9 Å². The summed E-state index contributed by atoms with van der Waals surface area (Å²) in [4.78, 5) is 0. The van der Waals surface area contributed by atoms with Gasteiger partial charge in [-0.1, -0.05) is 12.2 Å². The Kier molecular flexibility index (Phi) is 3.81. The molecule has 0 spiro atoms. The molecular weight excluding hydrogens is 124 g/mol. The van der Waals surface area contributed by atoms with Crippen molar-refractivity contribution in [3.63, 3.8) is 0 Å². The van der Waals surface area contributed by atoms with Gasteiger partial charge in [0.05, 0.1) is 0 Å². The normalized spacial score (nSPS) is 14.9. The molecule has 0 heterocycles. The van der Waals surface area contributed by atoms with Gasteiger partial charge in [0.1, 0.15) is 0 Å². The molecule has 0 radical (unpaired) electrons. The number of likely N-dealkylation sites (N-methyl/N-ethyl adjacent to an activating group) is 1. The van der Waals surface area contributed by atoms with Gasteiger partial charge in [-0.25, -0.2) is 0 Å². The third-order valence-corrected chi connectivity index (χ3v) is 1.57. The largest absolute Gasteiger partial charge is 0.404 e. The van der Waals surface area contributed by atoms with E-state index in [4.69, 9.17) is 5.73 Å². The fraction of sp³-hybridized carbons (Fsp3) is 0.500. The van der Waals surface area contributed by atoms with Gasteiger partial charge in [0, 0.05) is 6.04 Å². The standard InChI is InChI=1S/C8H16N2/c1-6(2)8(5-9)7(3)10-4/h5,7,10H,1,9H2,2-4H3/b8-5+. The lowest BCUT2D eigenvalue weighted by Crippen LogP contribution is -2.24. The fourth-order valence-electron chi connectivity index (χ4n) is 0.812. The highest BCUT2D eigenvalue weighted by atomic mass is 14.9. The first-order valence-electron chi connectivity index (χ1n) is 3.38. The average Bonchev–Trinajstić information content (AvgIpc) is 1.88. The van der Waals surface area contributed by atoms with Crippen molar-refractivity contribution in [2.45, 2.75) is 19.9 Å². The molecule has 0 saturated heterocycles. The van der Waals surface area contributed by atoms with Crippen LogP contribution in [0.3, 0.4) is 0 Å². The maximum Gasteiger partial charge on any atom is 0.0305 e. The van der Waals surface area contributed by atoms with E-state index in [1.807, 2.05) is 20.9 Å². The molecule has 0 aliphatic carbocycles. The second kappa shape index (κ2) is 4.12. The highest BCUT2D eigenvalue weighted by molar-refractivity contribution is 5.29. The lowest BCUT2D eigenvalue weighted by atomic mass is 10.0. The maximum atomic E-state index is 5.39. The van der Waals surface area contributed by atoms with Gasteiger partial charge in [-0.15, -0.1) is 0 Å². The van der Waals surface area contributed by atoms with Crippen LogP contribution in [-0.4, -0.2) is 13.1 Å². The molecule has 1 atom stereocenters. The van der Waals surface area contributed by atoms with Gasteiger partial charge in [-0.3, -0.25) is 0 Å². The zero-order valence-electron chi connectivity index (χ0n) is 6.94. The van der Waals surface area contributed by atoms with Gasteiger partial charge in [0.15, 0.2) is 0 Å². The first-order valence-corrected chi connectivity index (χ1v) is 3.38. The third-order valence-electron chi connectivity index (χ3n) is 1.57. The number of rotatable bonds is 3. The van der Waals surface area contributed by atoms with Crippen LogP contribution in [-0.2, 0) is 0 Å². The van der Waals surface area contributed by atoms with Crippen molar-refractivity contribution in [1.82, 2.24) is 5.32 Å². The van der Waals surface area contributed by atoms with Gasteiger partial charge in [0.25, 0.3) is 0 Å². The molecule has 58 valence electrons. The monoisotopic (exact) mass is 140 g/mol. The minimum absolute atomic E-state index is 0.294. The van der Waals surface area contributed by atoms with Crippen molar-refractivity contribution in [1.29, 1.82) is 0 Å². The topological polar surface area (TPSA) is 38.0 Å². The molecule has 2 heteroatoms. The summed E-state index contributed by atoms with van der Waals surface area (Å²) in [6.07, 6.45) is 1.60. The molecule has 0 amide bonds. The van der Waals surface area contributed by atoms with Crippen LogP contribution in [0.25, 0.3) is 0 Å². The maximum absolute atomic E-state index is 5.39. The van der Waals surface area contributed by atoms with Gasteiger partial charge in [-0.2, -0.15) is 0 Å². The third kappa shape index (κ3) is 2.23. The molecule has 0 aromatic rings. The number of nitrogens with one attached hydrogen (secondary N) is 1. The molecule has 0 aromatic carbocycles. The van der Waals surface area contributed by atoms with E-state index in [0.717, 1.165) is 11.1 Å². The van der Waals surface area contributed by atoms with Crippen LogP contribution in [0.4, 0.5) is 0 Å². The molecule has 1 unspecified atom stereocenters. The van der Waals surface area contributed by atoms with Crippen molar-refractivity contribution in [3.05, 3.63) is 23.9 Å². The second-order valence-electron chi connectivity index (χ2n) is 2.41. The van der Waals surface area contributed by atoms with Crippen LogP contribution in [0, 0.1) is 0 Å². The number of nitrogens with two attached hydrogens (primary N) is 1. The SMILES string of the molecule is C=C(C)/C(=C\N)C(C)NC. The highest BCUT2D eigenvalue weighted by Gasteiger charge is 2.04. The number of hydrogen-bond acceptors (Lipinski definition) is 2. The molecule has 0 aliphatic rings. The molecule has 2 nitrogen and oxygen atoms in total. The molecular formula is C8H16N2. The van der Waals surface area contributed by atoms with Crippen molar-refractivity contribution < 1.29 is 0 Å². The second-order valence-corrected chi connectivity index (χ2v) is 2.41. The van der Waals surface area contributed by atoms with Gasteiger partial charge >= 0.3 is 0 Å². The predicted octanol–water partition coefficient (Wildman–Crippen LogP) is 1.01. The average molecular weight is 140 g/mol. The molecule has 0 fully saturated rings. The van der Waals surface area contributed by atoms with Crippen LogP contribution in [0.2, 0.25) is 0 Å². The minimum Gasteiger partial charge on any atom is -0.404 e. The van der Waals surface area contributed by atoms with Crippen LogP contribution >= 0.6 is 0 Å². The van der Waals surface area contributed by atoms with Crippen LogP contribution in [0.5, 0.6) is 0 Å². The molecule has 3 N–H and O–H groups in total. The summed E-state index contributed by atoms with van der Waals surface area (Å²) in [5.41, 5.74) is 7.48. The summed E-state index contributed by atoms with van der Waals surface area (Å²) in [6.45, 7) is 7.81. The Hall–Kier alpha value is -0.760. The first kappa shape index (κ1) is 9.24. The predicted molar refractivity (Wildman–Crippen MR) is 45.6 cm³/mol. The minimum atomic E-state index is 0.294. The molecule has 0 aromatic heterocycles. The van der Waals surface area contributed by atoms with E-state index in [9.17, 15) is 0 Å². The Morgan fingerprint density at radius 3 is 2.30 bits per heavy atom. The quantitative estimate of drug-likeness (QED) is 0.574. The van der Waals surface area contributed by atoms with E-state index >= 15 is 0 Å². The highest BCUT2D eigenvalue weighted by Crippen LogP contribution is 2.09. The van der Waals surface area contributed by atoms with E-state index in [0.29, 0.717) is 6.04 Å². The Morgan fingerprint density at radius 1 is 1.70 bits per heavy atom. The Morgan fingerprint density at radius 2 is 2.20 bits per heavy atom. The van der Waals surface area contributed by atoms with E-state index in [-0.39, 0.29) is 0 Å². The van der Waals surface area contributed by atoms with Crippen LogP contribution < -0.4 is 11.1 Å². The zero-order valence-corrected chi connectivity index (χ0v) is 6.94. The molecule has 0 aliphatic heterocycles. The summed E-state index contributed by atoms with van der Waals surface area (Å²) in [5, 5.41) is 3.09. The van der Waals surface area contributed by atoms with Crippen molar-refractivity contribution in [3.8, 4) is 0 Å². The van der Waals surface area contributed by atoms with Crippen molar-refractivity contribution in [2.75, 3.05) is 7.05 Å². The summed E-state index contributed by atoms with van der Waals surface area (Å²) < 4.78 is 0. The van der Waals surface area contributed by atoms with Gasteiger partial charge < -0.3 is 11.1 Å². The molecule has 10 heavy (non-hydrogen) atoms.